The van der Waals surface area contributed by atoms with Crippen molar-refractivity contribution in [2.75, 3.05) is 46.4 Å². The third-order valence-corrected chi connectivity index (χ3v) is 5.59. The monoisotopic (exact) mass is 393 g/mol. The number of piperazine rings is 1. The molecule has 7 heteroatoms. The van der Waals surface area contributed by atoms with Crippen LogP contribution in [0.1, 0.15) is 31.2 Å². The number of hydrogen-bond donors (Lipinski definition) is 0. The van der Waals surface area contributed by atoms with Gasteiger partial charge in [0.05, 0.1) is 13.7 Å². The Bertz CT molecular complexity index is 674. The summed E-state index contributed by atoms with van der Waals surface area (Å²) in [6.45, 7) is 4.65. The summed E-state index contributed by atoms with van der Waals surface area (Å²) in [7, 11) is 1.66. The lowest BCUT2D eigenvalue weighted by Crippen LogP contribution is -2.51. The van der Waals surface area contributed by atoms with E-state index in [4.69, 9.17) is 16.3 Å². The Morgan fingerprint density at radius 2 is 1.89 bits per heavy atom. The Kier molecular flexibility index (Phi) is 6.96. The van der Waals surface area contributed by atoms with E-state index in [0.717, 1.165) is 50.2 Å². The molecule has 0 spiro atoms. The molecular weight excluding hydrogens is 366 g/mol. The molecule has 2 amide bonds. The number of carbonyl (C=O) groups excluding carboxylic acids is 2. The minimum absolute atomic E-state index is 0.0604. The molecule has 27 heavy (non-hydrogen) atoms. The molecule has 0 N–H and O–H groups in total. The van der Waals surface area contributed by atoms with Gasteiger partial charge >= 0.3 is 0 Å². The number of benzene rings is 1. The molecule has 1 aromatic rings. The quantitative estimate of drug-likeness (QED) is 0.770. The normalized spacial score (nSPS) is 19.1. The second-order valence-corrected chi connectivity index (χ2v) is 7.68. The molecule has 0 unspecified atom stereocenters. The van der Waals surface area contributed by atoms with E-state index in [-0.39, 0.29) is 18.4 Å². The third-order valence-electron chi connectivity index (χ3n) is 5.36. The first kappa shape index (κ1) is 20.0. The number of likely N-dealkylation sites (tertiary alicyclic amines) is 1. The summed E-state index contributed by atoms with van der Waals surface area (Å²) in [5.74, 6) is 1.01. The average Bonchev–Trinajstić information content (AvgIpc) is 2.87. The van der Waals surface area contributed by atoms with E-state index >= 15 is 0 Å². The van der Waals surface area contributed by atoms with Crippen molar-refractivity contribution in [2.45, 2.75) is 32.2 Å². The molecule has 1 aromatic carbocycles. The molecule has 2 fully saturated rings. The maximum Gasteiger partial charge on any atom is 0.242 e. The second kappa shape index (κ2) is 9.42. The van der Waals surface area contributed by atoms with Gasteiger partial charge < -0.3 is 14.5 Å². The van der Waals surface area contributed by atoms with Gasteiger partial charge in [-0.05, 0) is 31.0 Å². The average molecular weight is 394 g/mol. The second-order valence-electron chi connectivity index (χ2n) is 7.24. The van der Waals surface area contributed by atoms with Gasteiger partial charge in [-0.15, -0.1) is 0 Å². The highest BCUT2D eigenvalue weighted by atomic mass is 35.5. The van der Waals surface area contributed by atoms with Crippen LogP contribution in [0.2, 0.25) is 5.02 Å². The van der Waals surface area contributed by atoms with Gasteiger partial charge in [-0.2, -0.15) is 0 Å². The molecule has 6 nitrogen and oxygen atoms in total. The minimum atomic E-state index is 0.0604. The third kappa shape index (κ3) is 5.36. The molecule has 0 atom stereocenters. The van der Waals surface area contributed by atoms with Crippen LogP contribution >= 0.6 is 11.6 Å². The van der Waals surface area contributed by atoms with Crippen LogP contribution in [-0.2, 0) is 16.1 Å². The van der Waals surface area contributed by atoms with Crippen LogP contribution in [0.5, 0.6) is 5.75 Å². The van der Waals surface area contributed by atoms with Crippen LogP contribution in [0, 0.1) is 0 Å². The van der Waals surface area contributed by atoms with Crippen molar-refractivity contribution < 1.29 is 14.3 Å². The Morgan fingerprint density at radius 1 is 1.11 bits per heavy atom. The van der Waals surface area contributed by atoms with Crippen molar-refractivity contribution in [1.29, 1.82) is 0 Å². The number of rotatable bonds is 5. The molecule has 0 bridgehead atoms. The fourth-order valence-electron chi connectivity index (χ4n) is 3.74. The van der Waals surface area contributed by atoms with E-state index < -0.39 is 0 Å². The molecule has 148 valence electrons. The van der Waals surface area contributed by atoms with Gasteiger partial charge in [0.25, 0.3) is 0 Å². The fourth-order valence-corrected chi connectivity index (χ4v) is 3.93. The van der Waals surface area contributed by atoms with Crippen molar-refractivity contribution in [3.63, 3.8) is 0 Å². The first-order valence-electron chi connectivity index (χ1n) is 9.67. The van der Waals surface area contributed by atoms with Crippen molar-refractivity contribution in [3.8, 4) is 5.75 Å². The van der Waals surface area contributed by atoms with E-state index in [1.54, 1.807) is 12.0 Å². The molecule has 3 rings (SSSR count). The zero-order valence-corrected chi connectivity index (χ0v) is 16.7. The Hall–Kier alpha value is -1.79. The summed E-state index contributed by atoms with van der Waals surface area (Å²) in [6.07, 6.45) is 3.58. The first-order chi connectivity index (χ1) is 13.1. The lowest BCUT2D eigenvalue weighted by atomic mass is 10.1. The number of amides is 2. The zero-order valence-electron chi connectivity index (χ0n) is 16.0. The highest BCUT2D eigenvalue weighted by molar-refractivity contribution is 6.30. The molecule has 0 aliphatic carbocycles. The fraction of sp³-hybridized carbons (Fsp3) is 0.600. The Morgan fingerprint density at radius 3 is 2.63 bits per heavy atom. The van der Waals surface area contributed by atoms with Crippen LogP contribution in [0.4, 0.5) is 0 Å². The molecule has 2 saturated heterocycles. The number of ether oxygens (including phenoxy) is 1. The van der Waals surface area contributed by atoms with E-state index in [9.17, 15) is 9.59 Å². The number of halogens is 1. The van der Waals surface area contributed by atoms with Crippen molar-refractivity contribution in [3.05, 3.63) is 28.8 Å². The molecule has 2 heterocycles. The molecule has 0 aromatic heterocycles. The topological polar surface area (TPSA) is 53.1 Å². The largest absolute Gasteiger partial charge is 0.496 e. The van der Waals surface area contributed by atoms with Crippen LogP contribution in [0.15, 0.2) is 18.2 Å². The number of methoxy groups -OCH3 is 1. The van der Waals surface area contributed by atoms with Gasteiger partial charge in [-0.3, -0.25) is 14.5 Å². The zero-order chi connectivity index (χ0) is 19.2. The lowest BCUT2D eigenvalue weighted by molar-refractivity contribution is -0.141. The van der Waals surface area contributed by atoms with Crippen molar-refractivity contribution >= 4 is 23.4 Å². The number of hydrogen-bond acceptors (Lipinski definition) is 4. The van der Waals surface area contributed by atoms with Gasteiger partial charge in [0.15, 0.2) is 0 Å². The predicted octanol–water partition coefficient (Wildman–Crippen LogP) is 2.40. The predicted molar refractivity (Wildman–Crippen MR) is 105 cm³/mol. The minimum Gasteiger partial charge on any atom is -0.496 e. The molecular formula is C20H28ClN3O3. The standard InChI is InChI=1S/C20H28ClN3O3/c1-27-18-7-6-17(21)13-16(18)14-22-9-11-23(12-10-22)20(26)15-24-8-4-2-3-5-19(24)25/h6-7,13H,2-5,8-12,14-15H2,1H3. The first-order valence-corrected chi connectivity index (χ1v) is 10.0. The maximum atomic E-state index is 12.6. The summed E-state index contributed by atoms with van der Waals surface area (Å²) in [6, 6.07) is 5.64. The SMILES string of the molecule is COc1ccc(Cl)cc1CN1CCN(C(=O)CN2CCCCCC2=O)CC1. The van der Waals surface area contributed by atoms with Gasteiger partial charge in [-0.25, -0.2) is 0 Å². The maximum absolute atomic E-state index is 12.6. The van der Waals surface area contributed by atoms with Gasteiger partial charge in [0.1, 0.15) is 5.75 Å². The van der Waals surface area contributed by atoms with Crippen molar-refractivity contribution in [1.82, 2.24) is 14.7 Å². The smallest absolute Gasteiger partial charge is 0.242 e. The van der Waals surface area contributed by atoms with Crippen LogP contribution in [-0.4, -0.2) is 72.9 Å². The van der Waals surface area contributed by atoms with Crippen LogP contribution in [0.3, 0.4) is 0 Å². The highest BCUT2D eigenvalue weighted by Gasteiger charge is 2.25. The lowest BCUT2D eigenvalue weighted by Gasteiger charge is -2.36. The van der Waals surface area contributed by atoms with Gasteiger partial charge in [0.2, 0.25) is 11.8 Å². The summed E-state index contributed by atoms with van der Waals surface area (Å²) in [5.41, 5.74) is 1.06. The summed E-state index contributed by atoms with van der Waals surface area (Å²) < 4.78 is 5.42. The van der Waals surface area contributed by atoms with E-state index in [2.05, 4.69) is 4.90 Å². The van der Waals surface area contributed by atoms with E-state index in [0.29, 0.717) is 31.1 Å². The summed E-state index contributed by atoms with van der Waals surface area (Å²) in [4.78, 5) is 30.6. The van der Waals surface area contributed by atoms with E-state index in [1.807, 2.05) is 23.1 Å². The molecule has 2 aliphatic rings. The van der Waals surface area contributed by atoms with Crippen molar-refractivity contribution in [2.24, 2.45) is 0 Å². The molecule has 2 aliphatic heterocycles. The highest BCUT2D eigenvalue weighted by Crippen LogP contribution is 2.24. The summed E-state index contributed by atoms with van der Waals surface area (Å²) >= 11 is 6.11. The Labute approximate surface area is 166 Å². The van der Waals surface area contributed by atoms with Crippen LogP contribution in [0.25, 0.3) is 0 Å². The Balaban J connectivity index is 1.50. The van der Waals surface area contributed by atoms with Crippen LogP contribution < -0.4 is 4.74 Å². The summed E-state index contributed by atoms with van der Waals surface area (Å²) in [5, 5.41) is 0.696. The molecule has 0 radical (unpaired) electrons. The van der Waals surface area contributed by atoms with E-state index in [1.165, 1.54) is 0 Å². The van der Waals surface area contributed by atoms with Gasteiger partial charge in [0, 0.05) is 56.3 Å². The van der Waals surface area contributed by atoms with Gasteiger partial charge in [-0.1, -0.05) is 18.0 Å². The number of nitrogens with zero attached hydrogens (tertiary/aromatic N) is 3. The number of carbonyl (C=O) groups is 2. The molecule has 0 saturated carbocycles.